The monoisotopic (exact) mass is 404 g/mol. The summed E-state index contributed by atoms with van der Waals surface area (Å²) in [4.78, 5) is 12.8. The average molecular weight is 404 g/mol. The van der Waals surface area contributed by atoms with Gasteiger partial charge in [-0.3, -0.25) is 0 Å². The largest absolute Gasteiger partial charge is 0.530 e. The van der Waals surface area contributed by atoms with Crippen LogP contribution in [0.4, 0.5) is 4.79 Å². The van der Waals surface area contributed by atoms with Crippen molar-refractivity contribution in [2.24, 2.45) is 0 Å². The third-order valence-electron chi connectivity index (χ3n) is 5.90. The lowest BCUT2D eigenvalue weighted by atomic mass is 9.86. The molecule has 1 fully saturated rings. The molecule has 1 aliphatic heterocycles. The number of hydrogen-bond acceptors (Lipinski definition) is 4. The van der Waals surface area contributed by atoms with Crippen molar-refractivity contribution in [2.75, 3.05) is 19.7 Å². The summed E-state index contributed by atoms with van der Waals surface area (Å²) in [7, 11) is 0. The van der Waals surface area contributed by atoms with E-state index < -0.39 is 6.09 Å². The molecule has 3 aromatic rings. The lowest BCUT2D eigenvalue weighted by Gasteiger charge is -2.40. The van der Waals surface area contributed by atoms with Crippen LogP contribution >= 0.6 is 0 Å². The molecule has 0 bridgehead atoms. The molecule has 156 valence electrons. The summed E-state index contributed by atoms with van der Waals surface area (Å²) in [5.74, 6) is 0.115. The molecule has 1 heterocycles. The third-order valence-corrected chi connectivity index (χ3v) is 5.90. The number of nitrogens with zero attached hydrogens (tertiary/aromatic N) is 1. The van der Waals surface area contributed by atoms with Crippen LogP contribution in [-0.4, -0.2) is 41.9 Å². The molecule has 1 N–H and O–H groups in total. The first-order valence-corrected chi connectivity index (χ1v) is 10.4. The molecule has 0 aliphatic carbocycles. The molecule has 0 radical (unpaired) electrons. The van der Waals surface area contributed by atoms with Crippen LogP contribution in [0.1, 0.15) is 29.0 Å². The zero-order valence-corrected chi connectivity index (χ0v) is 16.9. The van der Waals surface area contributed by atoms with Crippen LogP contribution in [0.3, 0.4) is 0 Å². The molecular weight excluding hydrogens is 378 g/mol. The second-order valence-electron chi connectivity index (χ2n) is 7.85. The minimum atomic E-state index is -1.15. The highest BCUT2D eigenvalue weighted by Gasteiger charge is 2.31. The highest BCUT2D eigenvalue weighted by molar-refractivity contribution is 5.82. The smallest absolute Gasteiger partial charge is 0.137 e. The molecule has 5 heteroatoms. The molecule has 5 nitrogen and oxygen atoms in total. The summed E-state index contributed by atoms with van der Waals surface area (Å²) in [6, 6.07) is 22.6. The van der Waals surface area contributed by atoms with Crippen LogP contribution in [0.15, 0.2) is 66.7 Å². The first-order chi connectivity index (χ1) is 14.6. The average Bonchev–Trinajstić information content (AvgIpc) is 2.78. The standard InChI is InChI=1S/C25H27NO4/c27-14-12-18-5-9-21(10-6-18)23-11-13-26(25(28)29)16-24(23)30-17-19-7-8-20-3-1-2-4-22(20)15-19/h1-10,15,23-24,27H,11-14,16-17H2,(H,28,29)/p-1. The maximum absolute atomic E-state index is 11.4. The van der Waals surface area contributed by atoms with Crippen LogP contribution in [-0.2, 0) is 17.8 Å². The molecule has 1 aliphatic rings. The minimum Gasteiger partial charge on any atom is -0.530 e. The van der Waals surface area contributed by atoms with E-state index in [9.17, 15) is 9.90 Å². The second-order valence-corrected chi connectivity index (χ2v) is 7.85. The number of fused-ring (bicyclic) bond motifs is 1. The first kappa shape index (κ1) is 20.4. The Morgan fingerprint density at radius 3 is 2.50 bits per heavy atom. The number of ether oxygens (including phenoxy) is 1. The summed E-state index contributed by atoms with van der Waals surface area (Å²) in [5.41, 5.74) is 3.29. The van der Waals surface area contributed by atoms with E-state index in [0.29, 0.717) is 32.5 Å². The van der Waals surface area contributed by atoms with Gasteiger partial charge in [-0.05, 0) is 46.4 Å². The van der Waals surface area contributed by atoms with Crippen LogP contribution in [0.2, 0.25) is 0 Å². The Hall–Kier alpha value is -2.89. The van der Waals surface area contributed by atoms with E-state index in [0.717, 1.165) is 22.1 Å². The quantitative estimate of drug-likeness (QED) is 0.685. The maximum Gasteiger partial charge on any atom is 0.137 e. The van der Waals surface area contributed by atoms with Gasteiger partial charge < -0.3 is 24.6 Å². The number of aliphatic hydroxyl groups excluding tert-OH is 1. The summed E-state index contributed by atoms with van der Waals surface area (Å²) in [6.45, 7) is 1.30. The van der Waals surface area contributed by atoms with Crippen molar-refractivity contribution in [3.05, 3.63) is 83.4 Å². The van der Waals surface area contributed by atoms with Crippen LogP contribution in [0.5, 0.6) is 0 Å². The minimum absolute atomic E-state index is 0.115. The van der Waals surface area contributed by atoms with Gasteiger partial charge in [-0.2, -0.15) is 0 Å². The number of rotatable bonds is 6. The molecule has 1 saturated heterocycles. The van der Waals surface area contributed by atoms with Gasteiger partial charge in [-0.1, -0.05) is 60.7 Å². The predicted molar refractivity (Wildman–Crippen MR) is 114 cm³/mol. The van der Waals surface area contributed by atoms with Gasteiger partial charge in [0, 0.05) is 25.6 Å². The Balaban J connectivity index is 1.51. The van der Waals surface area contributed by atoms with Gasteiger partial charge in [0.05, 0.1) is 12.7 Å². The molecule has 1 amide bonds. The molecule has 30 heavy (non-hydrogen) atoms. The topological polar surface area (TPSA) is 72.8 Å². The van der Waals surface area contributed by atoms with E-state index in [1.807, 2.05) is 24.3 Å². The zero-order chi connectivity index (χ0) is 20.9. The zero-order valence-electron chi connectivity index (χ0n) is 16.9. The molecule has 3 aromatic carbocycles. The molecule has 0 spiro atoms. The van der Waals surface area contributed by atoms with Crippen molar-refractivity contribution >= 4 is 16.9 Å². The Morgan fingerprint density at radius 2 is 1.77 bits per heavy atom. The number of hydrogen-bond donors (Lipinski definition) is 1. The first-order valence-electron chi connectivity index (χ1n) is 10.4. The fourth-order valence-electron chi connectivity index (χ4n) is 4.22. The van der Waals surface area contributed by atoms with Crippen molar-refractivity contribution < 1.29 is 19.7 Å². The van der Waals surface area contributed by atoms with Crippen LogP contribution in [0, 0.1) is 0 Å². The summed E-state index contributed by atoms with van der Waals surface area (Å²) in [6.07, 6.45) is -0.0704. The van der Waals surface area contributed by atoms with Crippen molar-refractivity contribution in [3.63, 3.8) is 0 Å². The number of benzene rings is 3. The van der Waals surface area contributed by atoms with Crippen LogP contribution in [0.25, 0.3) is 10.8 Å². The van der Waals surface area contributed by atoms with Gasteiger partial charge in [0.1, 0.15) is 6.09 Å². The molecular formula is C25H26NO4-. The lowest BCUT2D eigenvalue weighted by Crippen LogP contribution is -2.51. The summed E-state index contributed by atoms with van der Waals surface area (Å²) >= 11 is 0. The lowest BCUT2D eigenvalue weighted by molar-refractivity contribution is -0.268. The SMILES string of the molecule is O=C([O-])N1CCC(c2ccc(CCO)cc2)C(OCc2ccc3ccccc3c2)C1. The predicted octanol–water partition coefficient (Wildman–Crippen LogP) is 3.09. The van der Waals surface area contributed by atoms with Gasteiger partial charge >= 0.3 is 0 Å². The highest BCUT2D eigenvalue weighted by Crippen LogP contribution is 2.31. The molecule has 2 unspecified atom stereocenters. The summed E-state index contributed by atoms with van der Waals surface area (Å²) in [5, 5.41) is 22.9. The highest BCUT2D eigenvalue weighted by atomic mass is 16.5. The van der Waals surface area contributed by atoms with Gasteiger partial charge in [0.2, 0.25) is 0 Å². The number of carbonyl (C=O) groups is 1. The third kappa shape index (κ3) is 4.64. The molecule has 0 aromatic heterocycles. The maximum atomic E-state index is 11.4. The van der Waals surface area contributed by atoms with E-state index in [2.05, 4.69) is 42.5 Å². The molecule has 2 atom stereocenters. The summed E-state index contributed by atoms with van der Waals surface area (Å²) < 4.78 is 6.27. The number of likely N-dealkylation sites (tertiary alicyclic amines) is 1. The number of aliphatic hydroxyl groups is 1. The Kier molecular flexibility index (Phi) is 6.31. The van der Waals surface area contributed by atoms with E-state index in [1.165, 1.54) is 10.3 Å². The van der Waals surface area contributed by atoms with Crippen molar-refractivity contribution in [2.45, 2.75) is 31.5 Å². The number of carbonyl (C=O) groups excluding carboxylic acids is 1. The van der Waals surface area contributed by atoms with E-state index >= 15 is 0 Å². The van der Waals surface area contributed by atoms with E-state index in [4.69, 9.17) is 9.84 Å². The fourth-order valence-corrected chi connectivity index (χ4v) is 4.22. The number of amides is 1. The van der Waals surface area contributed by atoms with Gasteiger partial charge in [0.15, 0.2) is 0 Å². The number of piperidine rings is 1. The molecule has 0 saturated carbocycles. The van der Waals surface area contributed by atoms with Gasteiger partial charge in [0.25, 0.3) is 0 Å². The van der Waals surface area contributed by atoms with E-state index in [1.54, 1.807) is 0 Å². The van der Waals surface area contributed by atoms with Crippen LogP contribution < -0.4 is 5.11 Å². The Bertz CT molecular complexity index is 1000. The van der Waals surface area contributed by atoms with Gasteiger partial charge in [-0.25, -0.2) is 0 Å². The van der Waals surface area contributed by atoms with Crippen molar-refractivity contribution in [1.82, 2.24) is 4.90 Å². The second kappa shape index (κ2) is 9.28. The van der Waals surface area contributed by atoms with Crippen molar-refractivity contribution in [1.29, 1.82) is 0 Å². The fraction of sp³-hybridized carbons (Fsp3) is 0.320. The normalized spacial score (nSPS) is 19.2. The Morgan fingerprint density at radius 1 is 1.03 bits per heavy atom. The van der Waals surface area contributed by atoms with Gasteiger partial charge in [-0.15, -0.1) is 0 Å². The van der Waals surface area contributed by atoms with Crippen molar-refractivity contribution in [3.8, 4) is 0 Å². The molecule has 4 rings (SSSR count). The Labute approximate surface area is 176 Å². The van der Waals surface area contributed by atoms with E-state index in [-0.39, 0.29) is 18.6 Å². The number of carboxylic acid groups (broad SMARTS) is 1.